The Hall–Kier alpha value is -3.12. The molecule has 0 amide bonds. The monoisotopic (exact) mass is 400 g/mol. The zero-order valence-electron chi connectivity index (χ0n) is 14.2. The van der Waals surface area contributed by atoms with Crippen LogP contribution in [0.4, 0.5) is 13.2 Å². The van der Waals surface area contributed by atoms with Crippen LogP contribution in [-0.2, 0) is 6.18 Å². The molecule has 4 rings (SSSR count). The average molecular weight is 401 g/mol. The number of H-pyrrole nitrogens is 1. The second-order valence-corrected chi connectivity index (χ2v) is 6.61. The lowest BCUT2D eigenvalue weighted by atomic mass is 10.00. The summed E-state index contributed by atoms with van der Waals surface area (Å²) in [7, 11) is 0. The number of carbonyl (C=O) groups is 1. The van der Waals surface area contributed by atoms with E-state index in [1.165, 1.54) is 6.07 Å². The fourth-order valence-corrected chi connectivity index (χ4v) is 3.14. The molecule has 0 radical (unpaired) electrons. The number of benzene rings is 3. The van der Waals surface area contributed by atoms with Gasteiger partial charge in [-0.3, -0.25) is 4.79 Å². The molecule has 28 heavy (non-hydrogen) atoms. The molecule has 140 valence electrons. The van der Waals surface area contributed by atoms with Gasteiger partial charge in [-0.2, -0.15) is 13.2 Å². The molecule has 3 nitrogen and oxygen atoms in total. The van der Waals surface area contributed by atoms with Gasteiger partial charge in [0.15, 0.2) is 5.78 Å². The predicted octanol–water partition coefficient (Wildman–Crippen LogP) is 6.13. The third kappa shape index (κ3) is 3.39. The molecular weight excluding hydrogens is 389 g/mol. The highest BCUT2D eigenvalue weighted by molar-refractivity contribution is 6.31. The summed E-state index contributed by atoms with van der Waals surface area (Å²) in [5, 5.41) is -0.440. The van der Waals surface area contributed by atoms with Crippen molar-refractivity contribution in [2.45, 2.75) is 6.18 Å². The van der Waals surface area contributed by atoms with Gasteiger partial charge < -0.3 is 4.98 Å². The number of carbonyl (C=O) groups excluding carboxylic acids is 1. The quantitative estimate of drug-likeness (QED) is 0.420. The van der Waals surface area contributed by atoms with Crippen LogP contribution in [0.1, 0.15) is 21.5 Å². The number of alkyl halides is 3. The van der Waals surface area contributed by atoms with Gasteiger partial charge >= 0.3 is 6.18 Å². The molecule has 0 bridgehead atoms. The minimum atomic E-state index is -4.63. The van der Waals surface area contributed by atoms with Crippen LogP contribution in [0.5, 0.6) is 0 Å². The zero-order chi connectivity index (χ0) is 19.9. The summed E-state index contributed by atoms with van der Waals surface area (Å²) in [6.07, 6.45) is -4.63. The van der Waals surface area contributed by atoms with Gasteiger partial charge in [0.2, 0.25) is 0 Å². The van der Waals surface area contributed by atoms with Crippen LogP contribution in [0.25, 0.3) is 22.4 Å². The van der Waals surface area contributed by atoms with Crippen molar-refractivity contribution in [3.63, 3.8) is 0 Å². The van der Waals surface area contributed by atoms with Gasteiger partial charge in [-0.05, 0) is 30.3 Å². The van der Waals surface area contributed by atoms with Crippen LogP contribution in [-0.4, -0.2) is 15.8 Å². The molecule has 7 heteroatoms. The number of hydrogen-bond donors (Lipinski definition) is 1. The van der Waals surface area contributed by atoms with E-state index in [9.17, 15) is 18.0 Å². The Bertz CT molecular complexity index is 1150. The number of imidazole rings is 1. The minimum absolute atomic E-state index is 0.0757. The van der Waals surface area contributed by atoms with Crippen LogP contribution in [0, 0.1) is 0 Å². The van der Waals surface area contributed by atoms with Crippen molar-refractivity contribution >= 4 is 28.4 Å². The van der Waals surface area contributed by atoms with E-state index in [0.29, 0.717) is 5.82 Å². The summed E-state index contributed by atoms with van der Waals surface area (Å²) in [5.74, 6) is 0.129. The number of nitrogens with one attached hydrogen (secondary N) is 1. The van der Waals surface area contributed by atoms with Gasteiger partial charge in [-0.25, -0.2) is 4.98 Å². The molecule has 1 N–H and O–H groups in total. The molecule has 0 aliphatic heterocycles. The second kappa shape index (κ2) is 6.80. The Labute approximate surface area is 162 Å². The van der Waals surface area contributed by atoms with Crippen molar-refractivity contribution < 1.29 is 18.0 Å². The van der Waals surface area contributed by atoms with E-state index in [1.807, 2.05) is 24.3 Å². The average Bonchev–Trinajstić information content (AvgIpc) is 3.11. The normalized spacial score (nSPS) is 11.7. The Kier molecular flexibility index (Phi) is 4.43. The number of halogens is 4. The van der Waals surface area contributed by atoms with Gasteiger partial charge in [-0.15, -0.1) is 0 Å². The summed E-state index contributed by atoms with van der Waals surface area (Å²) in [6.45, 7) is 0. The first kappa shape index (κ1) is 18.3. The van der Waals surface area contributed by atoms with Crippen LogP contribution < -0.4 is 0 Å². The fraction of sp³-hybridized carbons (Fsp3) is 0.0476. The maximum absolute atomic E-state index is 13.0. The van der Waals surface area contributed by atoms with E-state index in [2.05, 4.69) is 9.97 Å². The molecule has 0 aliphatic rings. The molecule has 0 saturated carbocycles. The molecule has 1 aromatic heterocycles. The Morgan fingerprint density at radius 1 is 0.929 bits per heavy atom. The maximum Gasteiger partial charge on any atom is 0.417 e. The summed E-state index contributed by atoms with van der Waals surface area (Å²) in [6, 6.07) is 17.2. The first-order chi connectivity index (χ1) is 13.3. The van der Waals surface area contributed by atoms with Gasteiger partial charge in [-0.1, -0.05) is 48.0 Å². The third-order valence-corrected chi connectivity index (χ3v) is 4.67. The van der Waals surface area contributed by atoms with Crippen LogP contribution in [0.2, 0.25) is 5.02 Å². The fourth-order valence-electron chi connectivity index (χ4n) is 2.92. The summed E-state index contributed by atoms with van der Waals surface area (Å²) in [4.78, 5) is 20.3. The van der Waals surface area contributed by atoms with Gasteiger partial charge in [0.1, 0.15) is 5.82 Å². The molecule has 0 atom stereocenters. The number of aromatic amines is 1. The molecule has 1 heterocycles. The standard InChI is InChI=1S/C21H12ClF3N2O/c22-16-10-9-14(11-15(16)21(23,24)25)19(28)12-5-7-13(8-6-12)20-26-17-3-1-2-4-18(17)27-20/h1-11H,(H,26,27). The Balaban J connectivity index is 1.64. The van der Waals surface area contributed by atoms with Crippen LogP contribution in [0.15, 0.2) is 66.7 Å². The second-order valence-electron chi connectivity index (χ2n) is 6.20. The van der Waals surface area contributed by atoms with E-state index < -0.39 is 22.5 Å². The van der Waals surface area contributed by atoms with Crippen molar-refractivity contribution in [1.29, 1.82) is 0 Å². The number of para-hydroxylation sites is 2. The maximum atomic E-state index is 13.0. The van der Waals surface area contributed by atoms with Crippen molar-refractivity contribution in [3.8, 4) is 11.4 Å². The van der Waals surface area contributed by atoms with E-state index >= 15 is 0 Å². The number of ketones is 1. The Morgan fingerprint density at radius 2 is 1.61 bits per heavy atom. The Morgan fingerprint density at radius 3 is 2.29 bits per heavy atom. The lowest BCUT2D eigenvalue weighted by Crippen LogP contribution is -2.09. The number of hydrogen-bond acceptors (Lipinski definition) is 2. The molecule has 0 fully saturated rings. The number of aromatic nitrogens is 2. The topological polar surface area (TPSA) is 45.8 Å². The smallest absolute Gasteiger partial charge is 0.338 e. The first-order valence-electron chi connectivity index (χ1n) is 8.29. The summed E-state index contributed by atoms with van der Waals surface area (Å²) < 4.78 is 39.1. The van der Waals surface area contributed by atoms with Gasteiger partial charge in [0.25, 0.3) is 0 Å². The van der Waals surface area contributed by atoms with E-state index in [-0.39, 0.29) is 11.1 Å². The lowest BCUT2D eigenvalue weighted by molar-refractivity contribution is -0.137. The molecule has 3 aromatic carbocycles. The molecule has 4 aromatic rings. The highest BCUT2D eigenvalue weighted by Crippen LogP contribution is 2.35. The highest BCUT2D eigenvalue weighted by Gasteiger charge is 2.33. The van der Waals surface area contributed by atoms with Crippen molar-refractivity contribution in [2.24, 2.45) is 0 Å². The predicted molar refractivity (Wildman–Crippen MR) is 101 cm³/mol. The van der Waals surface area contributed by atoms with Crippen LogP contribution in [0.3, 0.4) is 0 Å². The van der Waals surface area contributed by atoms with E-state index in [0.717, 1.165) is 28.7 Å². The molecular formula is C21H12ClF3N2O. The van der Waals surface area contributed by atoms with E-state index in [4.69, 9.17) is 11.6 Å². The largest absolute Gasteiger partial charge is 0.417 e. The molecule has 0 saturated heterocycles. The lowest BCUT2D eigenvalue weighted by Gasteiger charge is -2.10. The van der Waals surface area contributed by atoms with E-state index in [1.54, 1.807) is 24.3 Å². The molecule has 0 spiro atoms. The number of nitrogens with zero attached hydrogens (tertiary/aromatic N) is 1. The van der Waals surface area contributed by atoms with Crippen molar-refractivity contribution in [2.75, 3.05) is 0 Å². The van der Waals surface area contributed by atoms with Crippen LogP contribution >= 0.6 is 11.6 Å². The summed E-state index contributed by atoms with van der Waals surface area (Å²) >= 11 is 5.61. The summed E-state index contributed by atoms with van der Waals surface area (Å²) in [5.41, 5.74) is 1.64. The SMILES string of the molecule is O=C(c1ccc(-c2nc3ccccc3[nH]2)cc1)c1ccc(Cl)c(C(F)(F)F)c1. The van der Waals surface area contributed by atoms with Crippen molar-refractivity contribution in [3.05, 3.63) is 88.4 Å². The van der Waals surface area contributed by atoms with Gasteiger partial charge in [0, 0.05) is 16.7 Å². The number of rotatable bonds is 3. The third-order valence-electron chi connectivity index (χ3n) is 4.34. The van der Waals surface area contributed by atoms with Gasteiger partial charge in [0.05, 0.1) is 21.6 Å². The first-order valence-corrected chi connectivity index (χ1v) is 8.67. The zero-order valence-corrected chi connectivity index (χ0v) is 15.0. The number of fused-ring (bicyclic) bond motifs is 1. The highest BCUT2D eigenvalue weighted by atomic mass is 35.5. The molecule has 0 aliphatic carbocycles. The molecule has 0 unspecified atom stereocenters. The minimum Gasteiger partial charge on any atom is -0.338 e. The van der Waals surface area contributed by atoms with Crippen molar-refractivity contribution in [1.82, 2.24) is 9.97 Å².